The summed E-state index contributed by atoms with van der Waals surface area (Å²) in [5, 5.41) is 7.18. The van der Waals surface area contributed by atoms with Gasteiger partial charge in [-0.3, -0.25) is 0 Å². The van der Waals surface area contributed by atoms with Gasteiger partial charge in [-0.25, -0.2) is 9.69 Å². The lowest BCUT2D eigenvalue weighted by Crippen LogP contribution is -2.75. The molecule has 0 bridgehead atoms. The average Bonchev–Trinajstić information content (AvgIpc) is 3.50. The Labute approximate surface area is 281 Å². The van der Waals surface area contributed by atoms with Gasteiger partial charge in [0.2, 0.25) is 11.4 Å². The molecule has 0 aliphatic rings. The maximum absolute atomic E-state index is 8.53. The highest BCUT2D eigenvalue weighted by atomic mass is 28.3. The summed E-state index contributed by atoms with van der Waals surface area (Å²) in [7, 11) is -2.92. The van der Waals surface area contributed by atoms with Gasteiger partial charge >= 0.3 is 0 Å². The minimum absolute atomic E-state index is 0.357. The van der Waals surface area contributed by atoms with Crippen molar-refractivity contribution >= 4 is 62.0 Å². The summed E-state index contributed by atoms with van der Waals surface area (Å²) in [5.41, 5.74) is 5.21. The molecule has 0 unspecified atom stereocenters. The van der Waals surface area contributed by atoms with Gasteiger partial charge in [0.1, 0.15) is 0 Å². The van der Waals surface area contributed by atoms with Gasteiger partial charge in [0.25, 0.3) is 0 Å². The molecular weight excluding hydrogens is 599 g/mol. The molecule has 0 amide bonds. The van der Waals surface area contributed by atoms with Gasteiger partial charge in [0.15, 0.2) is 8.07 Å². The number of fused-ring (bicyclic) bond motifs is 3. The molecule has 1 aromatic heterocycles. The molecule has 0 spiro atoms. The molecule has 0 aliphatic carbocycles. The molecular formula is C44H29N3Si. The first-order valence-corrected chi connectivity index (χ1v) is 17.9. The molecule has 0 aliphatic heterocycles. The van der Waals surface area contributed by atoms with E-state index >= 15 is 0 Å². The molecule has 7 aromatic carbocycles. The topological polar surface area (TPSA) is 13.6 Å². The number of nitrogens with zero attached hydrogens (tertiary/aromatic N) is 3. The third-order valence-electron chi connectivity index (χ3n) is 9.42. The van der Waals surface area contributed by atoms with Crippen LogP contribution in [0.25, 0.3) is 48.3 Å². The normalized spacial score (nSPS) is 11.3. The van der Waals surface area contributed by atoms with Crippen LogP contribution in [0, 0.1) is 13.1 Å². The summed E-state index contributed by atoms with van der Waals surface area (Å²) in [6.45, 7) is 17.0. The molecule has 8 aromatic rings. The zero-order valence-corrected chi connectivity index (χ0v) is 27.1. The van der Waals surface area contributed by atoms with E-state index in [1.807, 2.05) is 36.4 Å². The van der Waals surface area contributed by atoms with E-state index in [1.54, 1.807) is 0 Å². The monoisotopic (exact) mass is 627 g/mol. The van der Waals surface area contributed by atoms with Crippen LogP contribution in [0.3, 0.4) is 0 Å². The molecule has 0 saturated carbocycles. The molecule has 8 rings (SSSR count). The van der Waals surface area contributed by atoms with Crippen LogP contribution >= 0.6 is 0 Å². The van der Waals surface area contributed by atoms with Crippen molar-refractivity contribution in [2.75, 3.05) is 0 Å². The second-order valence-electron chi connectivity index (χ2n) is 11.8. The van der Waals surface area contributed by atoms with Crippen molar-refractivity contribution in [2.45, 2.75) is 0 Å². The first-order chi connectivity index (χ1) is 23.8. The zero-order valence-electron chi connectivity index (χ0n) is 26.1. The van der Waals surface area contributed by atoms with Crippen molar-refractivity contribution in [1.29, 1.82) is 0 Å². The van der Waals surface area contributed by atoms with Crippen molar-refractivity contribution < 1.29 is 0 Å². The van der Waals surface area contributed by atoms with Crippen LogP contribution in [-0.4, -0.2) is 12.6 Å². The fourth-order valence-corrected chi connectivity index (χ4v) is 12.4. The van der Waals surface area contributed by atoms with Gasteiger partial charge in [-0.15, -0.1) is 0 Å². The van der Waals surface area contributed by atoms with Gasteiger partial charge in [-0.2, -0.15) is 0 Å². The van der Waals surface area contributed by atoms with Gasteiger partial charge in [-0.05, 0) is 44.0 Å². The quantitative estimate of drug-likeness (QED) is 0.0993. The number of aromatic nitrogens is 1. The fourth-order valence-electron chi connectivity index (χ4n) is 7.45. The smallest absolute Gasteiger partial charge is 0.218 e. The Kier molecular flexibility index (Phi) is 7.27. The van der Waals surface area contributed by atoms with E-state index in [0.29, 0.717) is 17.1 Å². The van der Waals surface area contributed by atoms with E-state index in [2.05, 4.69) is 154 Å². The molecule has 1 heterocycles. The van der Waals surface area contributed by atoms with E-state index in [1.165, 1.54) is 20.7 Å². The molecule has 224 valence electrons. The minimum Gasteiger partial charge on any atom is -0.320 e. The number of benzene rings is 7. The standard InChI is InChI=1S/C44H29N3Si/c1-45-43-38(30-31-41(44(43)46-2)47-39-27-15-12-24-35(39)36-25-13-16-28-40(36)47)37-26-14-17-29-42(37)48(32-18-6-3-7-19-32,33-20-8-4-9-21-33)34-22-10-5-11-23-34/h3-31H. The summed E-state index contributed by atoms with van der Waals surface area (Å²) in [6, 6.07) is 61.5. The average molecular weight is 628 g/mol. The molecule has 0 N–H and O–H groups in total. The van der Waals surface area contributed by atoms with Crippen LogP contribution in [0.5, 0.6) is 0 Å². The number of rotatable bonds is 6. The number of hydrogen-bond donors (Lipinski definition) is 0. The van der Waals surface area contributed by atoms with E-state index in [9.17, 15) is 0 Å². The highest BCUT2D eigenvalue weighted by Gasteiger charge is 2.43. The molecule has 48 heavy (non-hydrogen) atoms. The van der Waals surface area contributed by atoms with Crippen LogP contribution in [0.1, 0.15) is 0 Å². The largest absolute Gasteiger partial charge is 0.320 e. The van der Waals surface area contributed by atoms with Crippen molar-refractivity contribution in [3.63, 3.8) is 0 Å². The van der Waals surface area contributed by atoms with Gasteiger partial charge in [-0.1, -0.05) is 164 Å². The zero-order chi connectivity index (χ0) is 32.5. The highest BCUT2D eigenvalue weighted by molar-refractivity contribution is 7.20. The Morgan fingerprint density at radius 1 is 0.396 bits per heavy atom. The van der Waals surface area contributed by atoms with E-state index < -0.39 is 8.07 Å². The molecule has 3 nitrogen and oxygen atoms in total. The minimum atomic E-state index is -2.92. The molecule has 0 fully saturated rings. The van der Waals surface area contributed by atoms with E-state index in [0.717, 1.165) is 32.9 Å². The third kappa shape index (κ3) is 4.40. The van der Waals surface area contributed by atoms with Crippen LogP contribution in [0.15, 0.2) is 176 Å². The SMILES string of the molecule is [C-]#[N+]c1c(-c2ccccc2[Si](c2ccccc2)(c2ccccc2)c2ccccc2)ccc(-n2c3ccccc3c3ccccc32)c1[N+]#[C-]. The van der Waals surface area contributed by atoms with Gasteiger partial charge in [0.05, 0.1) is 24.2 Å². The van der Waals surface area contributed by atoms with Crippen LogP contribution in [0.4, 0.5) is 11.4 Å². The van der Waals surface area contributed by atoms with Crippen molar-refractivity contribution in [2.24, 2.45) is 0 Å². The van der Waals surface area contributed by atoms with Gasteiger partial charge in [0, 0.05) is 16.5 Å². The van der Waals surface area contributed by atoms with Crippen LogP contribution in [-0.2, 0) is 0 Å². The highest BCUT2D eigenvalue weighted by Crippen LogP contribution is 2.45. The predicted octanol–water partition coefficient (Wildman–Crippen LogP) is 8.93. The Morgan fingerprint density at radius 3 is 1.33 bits per heavy atom. The summed E-state index contributed by atoms with van der Waals surface area (Å²) >= 11 is 0. The van der Waals surface area contributed by atoms with Crippen molar-refractivity contribution in [1.82, 2.24) is 4.57 Å². The Balaban J connectivity index is 1.46. The Morgan fingerprint density at radius 2 is 0.833 bits per heavy atom. The lowest BCUT2D eigenvalue weighted by Gasteiger charge is -2.36. The summed E-state index contributed by atoms with van der Waals surface area (Å²) in [4.78, 5) is 8.22. The first kappa shape index (κ1) is 29.0. The number of para-hydroxylation sites is 2. The Bertz CT molecular complexity index is 2370. The lowest BCUT2D eigenvalue weighted by atomic mass is 10.0. The summed E-state index contributed by atoms with van der Waals surface area (Å²) in [5.74, 6) is 0. The van der Waals surface area contributed by atoms with Crippen molar-refractivity contribution in [3.8, 4) is 16.8 Å². The maximum atomic E-state index is 8.53. The van der Waals surface area contributed by atoms with Crippen molar-refractivity contribution in [3.05, 3.63) is 199 Å². The molecule has 0 atom stereocenters. The van der Waals surface area contributed by atoms with E-state index in [4.69, 9.17) is 13.1 Å². The summed E-state index contributed by atoms with van der Waals surface area (Å²) in [6.07, 6.45) is 0. The Hall–Kier alpha value is -6.46. The maximum Gasteiger partial charge on any atom is 0.218 e. The second-order valence-corrected chi connectivity index (χ2v) is 15.6. The fraction of sp³-hybridized carbons (Fsp3) is 0. The second kappa shape index (κ2) is 12.0. The van der Waals surface area contributed by atoms with E-state index in [-0.39, 0.29) is 0 Å². The van der Waals surface area contributed by atoms with Gasteiger partial charge < -0.3 is 4.57 Å². The molecule has 4 heteroatoms. The van der Waals surface area contributed by atoms with Crippen LogP contribution < -0.4 is 20.7 Å². The molecule has 0 radical (unpaired) electrons. The summed E-state index contributed by atoms with van der Waals surface area (Å²) < 4.78 is 2.14. The number of hydrogen-bond acceptors (Lipinski definition) is 0. The van der Waals surface area contributed by atoms with Crippen LogP contribution in [0.2, 0.25) is 0 Å². The predicted molar refractivity (Wildman–Crippen MR) is 202 cm³/mol. The third-order valence-corrected chi connectivity index (χ3v) is 14.3. The lowest BCUT2D eigenvalue weighted by molar-refractivity contribution is 1.19. The first-order valence-electron chi connectivity index (χ1n) is 15.9. The molecule has 0 saturated heterocycles.